The van der Waals surface area contributed by atoms with Gasteiger partial charge in [-0.15, -0.1) is 22.7 Å². The van der Waals surface area contributed by atoms with Crippen molar-refractivity contribution in [1.82, 2.24) is 14.9 Å². The van der Waals surface area contributed by atoms with Gasteiger partial charge >= 0.3 is 0 Å². The molecule has 0 aliphatic carbocycles. The summed E-state index contributed by atoms with van der Waals surface area (Å²) in [5.41, 5.74) is 1.35. The smallest absolute Gasteiger partial charge is 0.0945 e. The number of nitrogens with zero attached hydrogens (tertiary/aromatic N) is 2. The van der Waals surface area contributed by atoms with E-state index in [-0.39, 0.29) is 0 Å². The average molecular weight is 303 g/mol. The molecule has 0 radical (unpaired) electrons. The van der Waals surface area contributed by atoms with Gasteiger partial charge in [0.1, 0.15) is 0 Å². The summed E-state index contributed by atoms with van der Waals surface area (Å²) in [6.07, 6.45) is 6.82. The van der Waals surface area contributed by atoms with Crippen molar-refractivity contribution in [3.05, 3.63) is 52.6 Å². The molecule has 3 nitrogen and oxygen atoms in total. The molecule has 0 bridgehead atoms. The second-order valence-corrected chi connectivity index (χ2v) is 6.55. The summed E-state index contributed by atoms with van der Waals surface area (Å²) in [5, 5.41) is 7.87. The molecule has 3 rings (SSSR count). The van der Waals surface area contributed by atoms with Crippen LogP contribution in [0.15, 0.2) is 47.7 Å². The van der Waals surface area contributed by atoms with Crippen LogP contribution < -0.4 is 5.32 Å². The molecule has 0 saturated heterocycles. The molecule has 3 heterocycles. The van der Waals surface area contributed by atoms with Crippen molar-refractivity contribution < 1.29 is 0 Å². The second-order valence-electron chi connectivity index (χ2n) is 4.61. The summed E-state index contributed by atoms with van der Waals surface area (Å²) >= 11 is 3.63. The Kier molecular flexibility index (Phi) is 4.63. The highest BCUT2D eigenvalue weighted by molar-refractivity contribution is 7.14. The largest absolute Gasteiger partial charge is 0.337 e. The van der Waals surface area contributed by atoms with E-state index in [9.17, 15) is 0 Å². The molecule has 5 heteroatoms. The average Bonchev–Trinajstić information content (AvgIpc) is 3.21. The molecule has 0 aliphatic heterocycles. The molecule has 104 valence electrons. The number of hydrogen-bond acceptors (Lipinski definition) is 4. The van der Waals surface area contributed by atoms with Crippen LogP contribution in [0.4, 0.5) is 0 Å². The molecule has 20 heavy (non-hydrogen) atoms. The van der Waals surface area contributed by atoms with Gasteiger partial charge in [-0.1, -0.05) is 6.07 Å². The molecule has 0 unspecified atom stereocenters. The first-order chi connectivity index (χ1) is 9.92. The third kappa shape index (κ3) is 3.56. The van der Waals surface area contributed by atoms with Crippen molar-refractivity contribution >= 4 is 22.7 Å². The summed E-state index contributed by atoms with van der Waals surface area (Å²) < 4.78 is 2.11. The van der Waals surface area contributed by atoms with Crippen LogP contribution in [0.25, 0.3) is 10.4 Å². The highest BCUT2D eigenvalue weighted by atomic mass is 32.1. The lowest BCUT2D eigenvalue weighted by molar-refractivity contribution is 0.583. The molecule has 0 saturated carbocycles. The van der Waals surface area contributed by atoms with Crippen LogP contribution in [-0.2, 0) is 13.1 Å². The fourth-order valence-electron chi connectivity index (χ4n) is 2.06. The molecule has 1 N–H and O–H groups in total. The van der Waals surface area contributed by atoms with Crippen LogP contribution in [0.5, 0.6) is 0 Å². The monoisotopic (exact) mass is 303 g/mol. The van der Waals surface area contributed by atoms with Gasteiger partial charge in [-0.3, -0.25) is 0 Å². The second kappa shape index (κ2) is 6.83. The third-order valence-electron chi connectivity index (χ3n) is 3.09. The summed E-state index contributed by atoms with van der Waals surface area (Å²) in [6, 6.07) is 6.57. The number of nitrogens with one attached hydrogen (secondary N) is 1. The molecule has 3 aromatic heterocycles. The number of imidazole rings is 1. The zero-order valence-electron chi connectivity index (χ0n) is 11.2. The Bertz CT molecular complexity index is 611. The Labute approximate surface area is 126 Å². The first-order valence-corrected chi connectivity index (χ1v) is 8.45. The molecule has 0 amide bonds. The van der Waals surface area contributed by atoms with Crippen molar-refractivity contribution in [2.75, 3.05) is 6.54 Å². The molecular weight excluding hydrogens is 286 g/mol. The lowest BCUT2D eigenvalue weighted by Crippen LogP contribution is -2.15. The highest BCUT2D eigenvalue weighted by Gasteiger charge is 2.02. The van der Waals surface area contributed by atoms with E-state index in [4.69, 9.17) is 0 Å². The van der Waals surface area contributed by atoms with Gasteiger partial charge in [0.25, 0.3) is 0 Å². The first kappa shape index (κ1) is 13.5. The molecule has 0 aliphatic rings. The van der Waals surface area contributed by atoms with Gasteiger partial charge < -0.3 is 9.88 Å². The van der Waals surface area contributed by atoms with Gasteiger partial charge in [0.15, 0.2) is 0 Å². The summed E-state index contributed by atoms with van der Waals surface area (Å²) in [5.74, 6) is 0. The molecular formula is C15H17N3S2. The van der Waals surface area contributed by atoms with Gasteiger partial charge in [-0.2, -0.15) is 0 Å². The first-order valence-electron chi connectivity index (χ1n) is 6.69. The SMILES string of the molecule is c1csc(-c2csc(CNCCCn3ccnc3)c2)c1. The normalized spacial score (nSPS) is 11.0. The van der Waals surface area contributed by atoms with E-state index in [1.165, 1.54) is 15.3 Å². The minimum Gasteiger partial charge on any atom is -0.337 e. The predicted molar refractivity (Wildman–Crippen MR) is 86.2 cm³/mol. The quantitative estimate of drug-likeness (QED) is 0.672. The van der Waals surface area contributed by atoms with Crippen LogP contribution in [0.2, 0.25) is 0 Å². The van der Waals surface area contributed by atoms with Gasteiger partial charge in [-0.05, 0) is 35.9 Å². The van der Waals surface area contributed by atoms with Crippen molar-refractivity contribution in [1.29, 1.82) is 0 Å². The van der Waals surface area contributed by atoms with E-state index in [0.29, 0.717) is 0 Å². The minimum atomic E-state index is 0.958. The number of thiophene rings is 2. The van der Waals surface area contributed by atoms with Crippen molar-refractivity contribution in [3.8, 4) is 10.4 Å². The fourth-order valence-corrected chi connectivity index (χ4v) is 3.71. The third-order valence-corrected chi connectivity index (χ3v) is 4.94. The number of hydrogen-bond donors (Lipinski definition) is 1. The van der Waals surface area contributed by atoms with Gasteiger partial charge in [0.05, 0.1) is 6.33 Å². The van der Waals surface area contributed by atoms with Crippen molar-refractivity contribution in [2.24, 2.45) is 0 Å². The van der Waals surface area contributed by atoms with E-state index in [0.717, 1.165) is 26.1 Å². The van der Waals surface area contributed by atoms with Crippen LogP contribution in [0.3, 0.4) is 0 Å². The van der Waals surface area contributed by atoms with E-state index < -0.39 is 0 Å². The molecule has 0 atom stereocenters. The van der Waals surface area contributed by atoms with Crippen LogP contribution in [-0.4, -0.2) is 16.1 Å². The maximum Gasteiger partial charge on any atom is 0.0945 e. The Morgan fingerprint density at radius 2 is 2.30 bits per heavy atom. The van der Waals surface area contributed by atoms with Crippen molar-refractivity contribution in [3.63, 3.8) is 0 Å². The van der Waals surface area contributed by atoms with Crippen LogP contribution >= 0.6 is 22.7 Å². The molecule has 0 spiro atoms. The van der Waals surface area contributed by atoms with E-state index in [1.807, 2.05) is 30.1 Å². The maximum atomic E-state index is 4.04. The molecule has 0 aromatic carbocycles. The summed E-state index contributed by atoms with van der Waals surface area (Å²) in [6.45, 7) is 3.02. The van der Waals surface area contributed by atoms with Gasteiger partial charge in [-0.25, -0.2) is 4.98 Å². The van der Waals surface area contributed by atoms with Crippen LogP contribution in [0, 0.1) is 0 Å². The summed E-state index contributed by atoms with van der Waals surface area (Å²) in [4.78, 5) is 6.79. The minimum absolute atomic E-state index is 0.958. The number of aryl methyl sites for hydroxylation is 1. The van der Waals surface area contributed by atoms with E-state index in [1.54, 1.807) is 11.3 Å². The molecule has 0 fully saturated rings. The number of rotatable bonds is 7. The fraction of sp³-hybridized carbons (Fsp3) is 0.267. The predicted octanol–water partition coefficient (Wildman–Crippen LogP) is 3.85. The summed E-state index contributed by atoms with van der Waals surface area (Å²) in [7, 11) is 0. The topological polar surface area (TPSA) is 29.9 Å². The van der Waals surface area contributed by atoms with Crippen molar-refractivity contribution in [2.45, 2.75) is 19.5 Å². The lowest BCUT2D eigenvalue weighted by Gasteiger charge is -2.03. The zero-order valence-corrected chi connectivity index (χ0v) is 12.8. The zero-order chi connectivity index (χ0) is 13.6. The Morgan fingerprint density at radius 1 is 1.30 bits per heavy atom. The lowest BCUT2D eigenvalue weighted by atomic mass is 10.2. The van der Waals surface area contributed by atoms with Crippen LogP contribution in [0.1, 0.15) is 11.3 Å². The molecule has 3 aromatic rings. The van der Waals surface area contributed by atoms with E-state index >= 15 is 0 Å². The van der Waals surface area contributed by atoms with Gasteiger partial charge in [0, 0.05) is 40.8 Å². The number of aromatic nitrogens is 2. The Morgan fingerprint density at radius 3 is 3.10 bits per heavy atom. The Hall–Kier alpha value is -1.43. The van der Waals surface area contributed by atoms with E-state index in [2.05, 4.69) is 43.8 Å². The van der Waals surface area contributed by atoms with Gasteiger partial charge in [0.2, 0.25) is 0 Å². The maximum absolute atomic E-state index is 4.04. The Balaban J connectivity index is 1.40. The highest BCUT2D eigenvalue weighted by Crippen LogP contribution is 2.29. The standard InChI is InChI=1S/C15H17N3S2/c1-3-15(19-8-1)13-9-14(20-11-13)10-16-4-2-6-18-7-5-17-12-18/h1,3,5,7-9,11-12,16H,2,4,6,10H2.